The SMILES string of the molecule is CCC(=O)c1ccc(N(C)CC2CCCO2)cn1. The van der Waals surface area contributed by atoms with Gasteiger partial charge in [-0.3, -0.25) is 9.78 Å². The Bertz CT molecular complexity index is 397. The molecular weight excluding hydrogens is 228 g/mol. The van der Waals surface area contributed by atoms with Crippen LogP contribution in [0.15, 0.2) is 18.3 Å². The topological polar surface area (TPSA) is 42.4 Å². The number of aromatic nitrogens is 1. The summed E-state index contributed by atoms with van der Waals surface area (Å²) in [5, 5.41) is 0. The number of carbonyl (C=O) groups is 1. The van der Waals surface area contributed by atoms with Crippen LogP contribution in [0.4, 0.5) is 5.69 Å². The number of Topliss-reactive ketones (excluding diaryl/α,β-unsaturated/α-hetero) is 1. The van der Waals surface area contributed by atoms with Crippen molar-refractivity contribution in [3.63, 3.8) is 0 Å². The summed E-state index contributed by atoms with van der Waals surface area (Å²) >= 11 is 0. The molecule has 2 heterocycles. The van der Waals surface area contributed by atoms with E-state index >= 15 is 0 Å². The standard InChI is InChI=1S/C14H20N2O2/c1-3-14(17)13-7-6-11(9-15-13)16(2)10-12-5-4-8-18-12/h6-7,9,12H,3-5,8,10H2,1-2H3. The van der Waals surface area contributed by atoms with E-state index in [-0.39, 0.29) is 5.78 Å². The first kappa shape index (κ1) is 13.0. The minimum atomic E-state index is 0.0864. The molecule has 0 bridgehead atoms. The van der Waals surface area contributed by atoms with Crippen LogP contribution in [0.2, 0.25) is 0 Å². The second-order valence-corrected chi connectivity index (χ2v) is 4.69. The third kappa shape index (κ3) is 3.07. The molecule has 18 heavy (non-hydrogen) atoms. The van der Waals surface area contributed by atoms with Crippen LogP contribution in [0.5, 0.6) is 0 Å². The van der Waals surface area contributed by atoms with Gasteiger partial charge in [-0.05, 0) is 25.0 Å². The van der Waals surface area contributed by atoms with E-state index in [1.54, 1.807) is 12.3 Å². The van der Waals surface area contributed by atoms with E-state index in [2.05, 4.69) is 9.88 Å². The predicted molar refractivity (Wildman–Crippen MR) is 71.1 cm³/mol. The number of likely N-dealkylation sites (N-methyl/N-ethyl adjacent to an activating group) is 1. The van der Waals surface area contributed by atoms with Crippen LogP contribution >= 0.6 is 0 Å². The molecule has 1 fully saturated rings. The van der Waals surface area contributed by atoms with Gasteiger partial charge in [0.1, 0.15) is 5.69 Å². The third-order valence-electron chi connectivity index (χ3n) is 3.30. The Balaban J connectivity index is 1.97. The lowest BCUT2D eigenvalue weighted by Gasteiger charge is -2.22. The van der Waals surface area contributed by atoms with E-state index in [9.17, 15) is 4.79 Å². The largest absolute Gasteiger partial charge is 0.376 e. The number of hydrogen-bond acceptors (Lipinski definition) is 4. The summed E-state index contributed by atoms with van der Waals surface area (Å²) in [6.07, 6.45) is 4.87. The Kier molecular flexibility index (Phi) is 4.31. The van der Waals surface area contributed by atoms with E-state index in [1.807, 2.05) is 20.0 Å². The van der Waals surface area contributed by atoms with Crippen molar-refractivity contribution in [3.05, 3.63) is 24.0 Å². The maximum Gasteiger partial charge on any atom is 0.180 e. The Hall–Kier alpha value is -1.42. The minimum absolute atomic E-state index is 0.0864. The maximum atomic E-state index is 11.5. The van der Waals surface area contributed by atoms with Gasteiger partial charge in [0.2, 0.25) is 0 Å². The molecule has 4 nitrogen and oxygen atoms in total. The lowest BCUT2D eigenvalue weighted by atomic mass is 10.2. The monoisotopic (exact) mass is 248 g/mol. The van der Waals surface area contributed by atoms with Gasteiger partial charge in [-0.25, -0.2) is 0 Å². The molecule has 1 aliphatic heterocycles. The van der Waals surface area contributed by atoms with Crippen LogP contribution in [-0.2, 0) is 4.74 Å². The average Bonchev–Trinajstić information content (AvgIpc) is 2.91. The van der Waals surface area contributed by atoms with Gasteiger partial charge in [-0.15, -0.1) is 0 Å². The fourth-order valence-electron chi connectivity index (χ4n) is 2.16. The number of carbonyl (C=O) groups excluding carboxylic acids is 1. The normalized spacial score (nSPS) is 18.9. The smallest absolute Gasteiger partial charge is 0.180 e. The summed E-state index contributed by atoms with van der Waals surface area (Å²) in [5.41, 5.74) is 1.57. The van der Waals surface area contributed by atoms with Gasteiger partial charge in [0, 0.05) is 26.6 Å². The molecule has 0 spiro atoms. The minimum Gasteiger partial charge on any atom is -0.376 e. The van der Waals surface area contributed by atoms with Gasteiger partial charge in [0.15, 0.2) is 5.78 Å². The zero-order valence-corrected chi connectivity index (χ0v) is 11.1. The Morgan fingerprint density at radius 2 is 2.39 bits per heavy atom. The maximum absolute atomic E-state index is 11.5. The molecule has 1 saturated heterocycles. The zero-order chi connectivity index (χ0) is 13.0. The molecular formula is C14H20N2O2. The molecule has 98 valence electrons. The van der Waals surface area contributed by atoms with Crippen LogP contribution in [0.3, 0.4) is 0 Å². The van der Waals surface area contributed by atoms with Crippen molar-refractivity contribution in [2.24, 2.45) is 0 Å². The van der Waals surface area contributed by atoms with Crippen LogP contribution in [0.25, 0.3) is 0 Å². The van der Waals surface area contributed by atoms with E-state index in [4.69, 9.17) is 4.74 Å². The van der Waals surface area contributed by atoms with Crippen molar-refractivity contribution in [2.75, 3.05) is 25.1 Å². The molecule has 1 aromatic heterocycles. The summed E-state index contributed by atoms with van der Waals surface area (Å²) in [5.74, 6) is 0.0864. The lowest BCUT2D eigenvalue weighted by Crippen LogP contribution is -2.28. The van der Waals surface area contributed by atoms with E-state index in [1.165, 1.54) is 0 Å². The highest BCUT2D eigenvalue weighted by atomic mass is 16.5. The number of pyridine rings is 1. The fraction of sp³-hybridized carbons (Fsp3) is 0.571. The molecule has 1 unspecified atom stereocenters. The Morgan fingerprint density at radius 3 is 2.94 bits per heavy atom. The van der Waals surface area contributed by atoms with E-state index in [0.717, 1.165) is 31.7 Å². The van der Waals surface area contributed by atoms with Gasteiger partial charge < -0.3 is 9.64 Å². The van der Waals surface area contributed by atoms with E-state index < -0.39 is 0 Å². The highest BCUT2D eigenvalue weighted by Gasteiger charge is 2.17. The number of ketones is 1. The summed E-state index contributed by atoms with van der Waals surface area (Å²) in [6.45, 7) is 3.60. The summed E-state index contributed by atoms with van der Waals surface area (Å²) in [7, 11) is 2.03. The van der Waals surface area contributed by atoms with Gasteiger partial charge in [0.05, 0.1) is 18.0 Å². The van der Waals surface area contributed by atoms with Crippen molar-refractivity contribution in [2.45, 2.75) is 32.3 Å². The van der Waals surface area contributed by atoms with Crippen LogP contribution in [0, 0.1) is 0 Å². The third-order valence-corrected chi connectivity index (χ3v) is 3.30. The number of nitrogens with zero attached hydrogens (tertiary/aromatic N) is 2. The number of anilines is 1. The molecule has 1 aliphatic rings. The van der Waals surface area contributed by atoms with Gasteiger partial charge in [-0.1, -0.05) is 6.92 Å². The van der Waals surface area contributed by atoms with Crippen molar-refractivity contribution < 1.29 is 9.53 Å². The van der Waals surface area contributed by atoms with Crippen LogP contribution in [-0.4, -0.2) is 37.1 Å². The van der Waals surface area contributed by atoms with Crippen molar-refractivity contribution >= 4 is 11.5 Å². The average molecular weight is 248 g/mol. The number of rotatable bonds is 5. The highest BCUT2D eigenvalue weighted by Crippen LogP contribution is 2.17. The lowest BCUT2D eigenvalue weighted by molar-refractivity contribution is 0.0983. The number of hydrogen-bond donors (Lipinski definition) is 0. The van der Waals surface area contributed by atoms with Crippen molar-refractivity contribution in [3.8, 4) is 0 Å². The van der Waals surface area contributed by atoms with Crippen LogP contribution in [0.1, 0.15) is 36.7 Å². The summed E-state index contributed by atoms with van der Waals surface area (Å²) < 4.78 is 5.61. The molecule has 0 N–H and O–H groups in total. The molecule has 0 aliphatic carbocycles. The highest BCUT2D eigenvalue weighted by molar-refractivity contribution is 5.94. The first-order valence-corrected chi connectivity index (χ1v) is 6.52. The van der Waals surface area contributed by atoms with Crippen molar-refractivity contribution in [1.82, 2.24) is 4.98 Å². The zero-order valence-electron chi connectivity index (χ0n) is 11.1. The second-order valence-electron chi connectivity index (χ2n) is 4.69. The van der Waals surface area contributed by atoms with Crippen LogP contribution < -0.4 is 4.90 Å². The summed E-state index contributed by atoms with van der Waals surface area (Å²) in [6, 6.07) is 3.75. The molecule has 0 saturated carbocycles. The second kappa shape index (κ2) is 5.96. The molecule has 1 aromatic rings. The van der Waals surface area contributed by atoms with Gasteiger partial charge in [-0.2, -0.15) is 0 Å². The van der Waals surface area contributed by atoms with Gasteiger partial charge in [0.25, 0.3) is 0 Å². The first-order valence-electron chi connectivity index (χ1n) is 6.52. The molecule has 4 heteroatoms. The van der Waals surface area contributed by atoms with Gasteiger partial charge >= 0.3 is 0 Å². The van der Waals surface area contributed by atoms with Crippen molar-refractivity contribution in [1.29, 1.82) is 0 Å². The Morgan fingerprint density at radius 1 is 1.56 bits per heavy atom. The molecule has 0 radical (unpaired) electrons. The first-order chi connectivity index (χ1) is 8.70. The quantitative estimate of drug-likeness (QED) is 0.750. The van der Waals surface area contributed by atoms with E-state index in [0.29, 0.717) is 18.2 Å². The predicted octanol–water partition coefficient (Wildman–Crippen LogP) is 2.29. The fourth-order valence-corrected chi connectivity index (χ4v) is 2.16. The Labute approximate surface area is 108 Å². The number of ether oxygens (including phenoxy) is 1. The molecule has 2 rings (SSSR count). The molecule has 0 amide bonds. The summed E-state index contributed by atoms with van der Waals surface area (Å²) in [4.78, 5) is 17.8. The molecule has 1 atom stereocenters. The molecule has 0 aromatic carbocycles.